The molecule has 0 fully saturated rings. The number of hydrogen-bond acceptors (Lipinski definition) is 2. The third-order valence-electron chi connectivity index (χ3n) is 14.5. The van der Waals surface area contributed by atoms with E-state index in [-0.39, 0.29) is 0 Å². The van der Waals surface area contributed by atoms with Crippen LogP contribution in [0.3, 0.4) is 0 Å². The molecule has 3 heteroatoms. The van der Waals surface area contributed by atoms with Crippen molar-refractivity contribution in [2.45, 2.75) is 311 Å². The molecule has 0 aliphatic rings. The fourth-order valence-electron chi connectivity index (χ4n) is 10.4. The van der Waals surface area contributed by atoms with E-state index >= 15 is 0 Å². The predicted molar refractivity (Wildman–Crippen MR) is 272 cm³/mol. The van der Waals surface area contributed by atoms with Gasteiger partial charge in [-0.05, 0) is 82.8 Å². The second kappa shape index (κ2) is 45.0. The number of hydrogen-bond donors (Lipinski definition) is 0. The van der Waals surface area contributed by atoms with Crippen LogP contribution in [0, 0.1) is 23.7 Å². The van der Waals surface area contributed by atoms with E-state index in [1.807, 2.05) is 0 Å². The Bertz CT molecular complexity index is 831. The molecule has 1 amide bonds. The van der Waals surface area contributed by atoms with Crippen LogP contribution in [0.25, 0.3) is 0 Å². The van der Waals surface area contributed by atoms with Gasteiger partial charge in [-0.25, -0.2) is 0 Å². The van der Waals surface area contributed by atoms with E-state index in [4.69, 9.17) is 0 Å². The average molecular weight is 846 g/mol. The van der Waals surface area contributed by atoms with E-state index < -0.39 is 0 Å². The Morgan fingerprint density at radius 2 is 0.700 bits per heavy atom. The molecule has 0 aromatic heterocycles. The summed E-state index contributed by atoms with van der Waals surface area (Å²) in [6, 6.07) is 0.439. The number of carbonyl (C=O) groups is 1. The van der Waals surface area contributed by atoms with E-state index in [0.717, 1.165) is 37.3 Å². The maximum Gasteiger partial charge on any atom is 0.222 e. The van der Waals surface area contributed by atoms with Crippen LogP contribution in [0.5, 0.6) is 0 Å². The molecule has 0 bridgehead atoms. The number of nitrogens with zero attached hydrogens (tertiary/aromatic N) is 2. The van der Waals surface area contributed by atoms with Crippen LogP contribution in [-0.2, 0) is 4.79 Å². The fraction of sp³-hybridized carbons (Fsp3) is 0.982. The first-order valence-electron chi connectivity index (χ1n) is 28.2. The van der Waals surface area contributed by atoms with Crippen molar-refractivity contribution in [2.24, 2.45) is 23.7 Å². The quantitative estimate of drug-likeness (QED) is 0.0570. The van der Waals surface area contributed by atoms with Crippen molar-refractivity contribution in [3.63, 3.8) is 0 Å². The van der Waals surface area contributed by atoms with Crippen LogP contribution in [0.2, 0.25) is 0 Å². The minimum atomic E-state index is 0.439. The molecule has 360 valence electrons. The summed E-state index contributed by atoms with van der Waals surface area (Å²) in [6.07, 6.45) is 54.4. The minimum Gasteiger partial charge on any atom is -0.339 e. The first kappa shape index (κ1) is 59.4. The molecule has 0 aromatic rings. The van der Waals surface area contributed by atoms with Crippen LogP contribution >= 0.6 is 0 Å². The highest BCUT2D eigenvalue weighted by molar-refractivity contribution is 5.76. The maximum atomic E-state index is 14.1. The third kappa shape index (κ3) is 35.8. The molecule has 0 saturated carbocycles. The summed E-state index contributed by atoms with van der Waals surface area (Å²) in [5, 5.41) is 0. The highest BCUT2D eigenvalue weighted by Crippen LogP contribution is 2.34. The number of amides is 1. The lowest BCUT2D eigenvalue weighted by Crippen LogP contribution is -2.43. The molecule has 0 rings (SSSR count). The Morgan fingerprint density at radius 3 is 1.10 bits per heavy atom. The summed E-state index contributed by atoms with van der Waals surface area (Å²) < 4.78 is 0. The zero-order chi connectivity index (χ0) is 44.3. The lowest BCUT2D eigenvalue weighted by atomic mass is 9.78. The van der Waals surface area contributed by atoms with Gasteiger partial charge in [0.2, 0.25) is 5.91 Å². The van der Waals surface area contributed by atoms with Gasteiger partial charge in [0.25, 0.3) is 0 Å². The van der Waals surface area contributed by atoms with Crippen molar-refractivity contribution in [2.75, 3.05) is 27.2 Å². The molecule has 3 nitrogen and oxygen atoms in total. The van der Waals surface area contributed by atoms with Gasteiger partial charge in [-0.15, -0.1) is 0 Å². The summed E-state index contributed by atoms with van der Waals surface area (Å²) in [4.78, 5) is 18.8. The summed E-state index contributed by atoms with van der Waals surface area (Å²) in [5.74, 6) is 3.97. The Kier molecular flexibility index (Phi) is 44.6. The zero-order valence-electron chi connectivity index (χ0n) is 43.4. The van der Waals surface area contributed by atoms with E-state index in [9.17, 15) is 4.79 Å². The van der Waals surface area contributed by atoms with E-state index in [0.29, 0.717) is 24.3 Å². The van der Waals surface area contributed by atoms with Crippen LogP contribution in [0.15, 0.2) is 0 Å². The molecule has 0 spiro atoms. The number of rotatable bonds is 48. The van der Waals surface area contributed by atoms with Crippen molar-refractivity contribution < 1.29 is 4.79 Å². The predicted octanol–water partition coefficient (Wildman–Crippen LogP) is 19.0. The highest BCUT2D eigenvalue weighted by Gasteiger charge is 2.26. The Labute approximate surface area is 381 Å². The molecular weight excluding hydrogens is 729 g/mol. The topological polar surface area (TPSA) is 23.6 Å². The molecule has 0 radical (unpaired) electrons. The van der Waals surface area contributed by atoms with Crippen LogP contribution < -0.4 is 0 Å². The van der Waals surface area contributed by atoms with Gasteiger partial charge in [-0.2, -0.15) is 0 Å². The molecule has 0 heterocycles. The molecule has 0 aromatic carbocycles. The number of unbranched alkanes of at least 4 members (excludes halogenated alkanes) is 20. The Morgan fingerprint density at radius 1 is 0.367 bits per heavy atom. The first-order valence-corrected chi connectivity index (χ1v) is 28.2. The monoisotopic (exact) mass is 845 g/mol. The first-order chi connectivity index (χ1) is 29.3. The fourth-order valence-corrected chi connectivity index (χ4v) is 10.4. The van der Waals surface area contributed by atoms with Gasteiger partial charge in [0.15, 0.2) is 0 Å². The minimum absolute atomic E-state index is 0.439. The van der Waals surface area contributed by atoms with Gasteiger partial charge in [-0.1, -0.05) is 260 Å². The van der Waals surface area contributed by atoms with E-state index in [1.165, 1.54) is 244 Å². The smallest absolute Gasteiger partial charge is 0.222 e. The Balaban J connectivity index is 5.57. The van der Waals surface area contributed by atoms with Crippen molar-refractivity contribution in [3.05, 3.63) is 0 Å². The summed E-state index contributed by atoms with van der Waals surface area (Å²) in [5.41, 5.74) is 0. The maximum absolute atomic E-state index is 14.1. The van der Waals surface area contributed by atoms with Gasteiger partial charge in [0.1, 0.15) is 0 Å². The zero-order valence-corrected chi connectivity index (χ0v) is 43.4. The summed E-state index contributed by atoms with van der Waals surface area (Å²) >= 11 is 0. The van der Waals surface area contributed by atoms with Gasteiger partial charge < -0.3 is 9.80 Å². The van der Waals surface area contributed by atoms with Crippen LogP contribution in [0.4, 0.5) is 0 Å². The highest BCUT2D eigenvalue weighted by atomic mass is 16.2. The average Bonchev–Trinajstić information content (AvgIpc) is 3.24. The lowest BCUT2D eigenvalue weighted by Gasteiger charge is -2.35. The van der Waals surface area contributed by atoms with Gasteiger partial charge in [0, 0.05) is 19.0 Å². The normalized spacial score (nSPS) is 14.4. The van der Waals surface area contributed by atoms with E-state index in [1.54, 1.807) is 0 Å². The molecule has 4 unspecified atom stereocenters. The molecular formula is C57H116N2O. The van der Waals surface area contributed by atoms with Gasteiger partial charge >= 0.3 is 0 Å². The van der Waals surface area contributed by atoms with E-state index in [2.05, 4.69) is 72.4 Å². The van der Waals surface area contributed by atoms with Crippen molar-refractivity contribution >= 4 is 5.91 Å². The second-order valence-electron chi connectivity index (χ2n) is 20.7. The summed E-state index contributed by atoms with van der Waals surface area (Å²) in [7, 11) is 4.28. The molecule has 4 atom stereocenters. The second-order valence-corrected chi connectivity index (χ2v) is 20.7. The molecule has 0 aliphatic carbocycles. The SMILES string of the molecule is CCCCCCCCCC(CCCCCCCCC(CC(CCCC)CCCCCC)CC(CCCC)CCCCCC)N(CC(CC)CCCC)C(=O)CCCN(C)C. The largest absolute Gasteiger partial charge is 0.339 e. The van der Waals surface area contributed by atoms with Gasteiger partial charge in [-0.3, -0.25) is 4.79 Å². The molecule has 0 saturated heterocycles. The van der Waals surface area contributed by atoms with Crippen molar-refractivity contribution in [1.82, 2.24) is 9.80 Å². The third-order valence-corrected chi connectivity index (χ3v) is 14.5. The van der Waals surface area contributed by atoms with Crippen LogP contribution in [0.1, 0.15) is 305 Å². The molecule has 0 N–H and O–H groups in total. The Hall–Kier alpha value is -0.570. The molecule has 0 aliphatic heterocycles. The summed E-state index contributed by atoms with van der Waals surface area (Å²) in [6.45, 7) is 18.5. The number of carbonyl (C=O) groups excluding carboxylic acids is 1. The van der Waals surface area contributed by atoms with Gasteiger partial charge in [0.05, 0.1) is 0 Å². The molecule has 60 heavy (non-hydrogen) atoms. The standard InChI is InChI=1S/C57H116N2O/c1-10-17-23-26-27-31-36-45-56(59(51-52(16-7)39-20-13-4)57(60)47-38-48-58(8)9)46-37-32-29-28-30-35-44-55(49-53(40-21-14-5)42-33-24-18-11-2)50-54(41-22-15-6)43-34-25-19-12-3/h52-56H,10-51H2,1-9H3. The van der Waals surface area contributed by atoms with Crippen molar-refractivity contribution in [1.29, 1.82) is 0 Å². The van der Waals surface area contributed by atoms with Crippen molar-refractivity contribution in [3.8, 4) is 0 Å². The lowest BCUT2D eigenvalue weighted by molar-refractivity contribution is -0.135. The van der Waals surface area contributed by atoms with Crippen LogP contribution in [-0.4, -0.2) is 48.9 Å².